The molecule has 6 nitrogen and oxygen atoms in total. The maximum absolute atomic E-state index is 14.0. The largest absolute Gasteiger partial charge is 0.401 e. The molecule has 0 saturated carbocycles. The number of nitrogens with one attached hydrogen (secondary N) is 2. The maximum atomic E-state index is 14.0. The van der Waals surface area contributed by atoms with E-state index in [2.05, 4.69) is 5.32 Å². The number of alkyl halides is 3. The van der Waals surface area contributed by atoms with Crippen molar-refractivity contribution in [1.29, 1.82) is 0 Å². The van der Waals surface area contributed by atoms with E-state index in [0.717, 1.165) is 4.90 Å². The van der Waals surface area contributed by atoms with E-state index in [-0.39, 0.29) is 37.8 Å². The Morgan fingerprint density at radius 1 is 1.16 bits per heavy atom. The minimum Gasteiger partial charge on any atom is -0.307 e. The van der Waals surface area contributed by atoms with E-state index in [9.17, 15) is 30.8 Å². The van der Waals surface area contributed by atoms with Gasteiger partial charge in [0.2, 0.25) is 10.0 Å². The number of benzene rings is 1. The van der Waals surface area contributed by atoms with Gasteiger partial charge in [-0.05, 0) is 54.5 Å². The average Bonchev–Trinajstić information content (AvgIpc) is 2.60. The van der Waals surface area contributed by atoms with Gasteiger partial charge in [-0.25, -0.2) is 22.3 Å². The molecule has 1 aliphatic rings. The zero-order chi connectivity index (χ0) is 23.6. The predicted molar refractivity (Wildman–Crippen MR) is 111 cm³/mol. The Bertz CT molecular complexity index is 872. The topological polar surface area (TPSA) is 78.5 Å². The highest BCUT2D eigenvalue weighted by Gasteiger charge is 2.37. The predicted octanol–water partition coefficient (Wildman–Crippen LogP) is 4.55. The second kappa shape index (κ2) is 9.72. The van der Waals surface area contributed by atoms with Crippen LogP contribution in [-0.2, 0) is 10.0 Å². The normalized spacial score (nSPS) is 18.5. The van der Waals surface area contributed by atoms with E-state index in [4.69, 9.17) is 0 Å². The molecule has 1 fully saturated rings. The van der Waals surface area contributed by atoms with Crippen LogP contribution in [-0.4, -0.2) is 50.4 Å². The average molecular weight is 468 g/mol. The number of urea groups is 1. The number of sulfonamides is 1. The smallest absolute Gasteiger partial charge is 0.307 e. The molecule has 1 aliphatic heterocycles. The number of hydrogen-bond acceptors (Lipinski definition) is 4. The summed E-state index contributed by atoms with van der Waals surface area (Å²) >= 11 is 0. The van der Waals surface area contributed by atoms with Gasteiger partial charge in [0, 0.05) is 12.2 Å². The first-order valence-corrected chi connectivity index (χ1v) is 11.7. The number of carbonyl (C=O) groups excluding carboxylic acids is 1. The Kier molecular flexibility index (Phi) is 7.96. The third-order valence-corrected chi connectivity index (χ3v) is 6.92. The molecule has 1 aromatic rings. The van der Waals surface area contributed by atoms with E-state index in [0.29, 0.717) is 16.8 Å². The van der Waals surface area contributed by atoms with Crippen molar-refractivity contribution in [3.63, 3.8) is 0 Å². The molecule has 1 unspecified atom stereocenters. The molecule has 1 heterocycles. The van der Waals surface area contributed by atoms with Crippen LogP contribution in [0, 0.1) is 5.82 Å². The number of amides is 2. The van der Waals surface area contributed by atoms with E-state index in [1.807, 2.05) is 32.4 Å². The highest BCUT2D eigenvalue weighted by atomic mass is 32.2. The molecule has 0 bridgehead atoms. The molecule has 2 rings (SSSR count). The Labute approximate surface area is 180 Å². The van der Waals surface area contributed by atoms with Crippen LogP contribution in [0.2, 0.25) is 0 Å². The Morgan fingerprint density at radius 3 is 2.19 bits per heavy atom. The molecule has 1 saturated heterocycles. The first kappa shape index (κ1) is 25.4. The summed E-state index contributed by atoms with van der Waals surface area (Å²) in [7, 11) is -4.21. The van der Waals surface area contributed by atoms with Crippen LogP contribution in [0.4, 0.5) is 28.0 Å². The molecule has 176 valence electrons. The molecule has 1 atom stereocenters. The van der Waals surface area contributed by atoms with Gasteiger partial charge in [-0.15, -0.1) is 0 Å². The van der Waals surface area contributed by atoms with E-state index in [1.54, 1.807) is 0 Å². The summed E-state index contributed by atoms with van der Waals surface area (Å²) in [6.07, 6.45) is -4.00. The number of halogens is 4. The fourth-order valence-electron chi connectivity index (χ4n) is 3.72. The molecule has 0 aliphatic carbocycles. The number of likely N-dealkylation sites (tertiary alicyclic amines) is 1. The van der Waals surface area contributed by atoms with Gasteiger partial charge in [0.15, 0.2) is 0 Å². The Hall–Kier alpha value is -1.88. The van der Waals surface area contributed by atoms with Crippen molar-refractivity contribution in [3.05, 3.63) is 29.1 Å². The minimum atomic E-state index is -4.43. The molecule has 0 aromatic heterocycles. The molecule has 31 heavy (non-hydrogen) atoms. The molecule has 0 radical (unpaired) electrons. The number of piperidine rings is 1. The van der Waals surface area contributed by atoms with Crippen LogP contribution in [0.5, 0.6) is 0 Å². The lowest BCUT2D eigenvalue weighted by Crippen LogP contribution is -2.50. The summed E-state index contributed by atoms with van der Waals surface area (Å²) in [4.78, 5) is 13.6. The van der Waals surface area contributed by atoms with Gasteiger partial charge in [0.1, 0.15) is 5.82 Å². The van der Waals surface area contributed by atoms with Crippen molar-refractivity contribution in [2.45, 2.75) is 63.8 Å². The van der Waals surface area contributed by atoms with Gasteiger partial charge in [-0.3, -0.25) is 4.90 Å². The number of hydrogen-bond donors (Lipinski definition) is 2. The summed E-state index contributed by atoms with van der Waals surface area (Å²) in [5, 5.41) is 1.38. The maximum Gasteiger partial charge on any atom is 0.401 e. The fourth-order valence-corrected chi connectivity index (χ4v) is 5.08. The quantitative estimate of drug-likeness (QED) is 0.602. The van der Waals surface area contributed by atoms with Gasteiger partial charge in [0.25, 0.3) is 0 Å². The van der Waals surface area contributed by atoms with Crippen LogP contribution in [0.3, 0.4) is 0 Å². The zero-order valence-corrected chi connectivity index (χ0v) is 18.8. The third kappa shape index (κ3) is 7.06. The first-order chi connectivity index (χ1) is 14.2. The third-order valence-electron chi connectivity index (χ3n) is 5.19. The minimum absolute atomic E-state index is 0.142. The summed E-state index contributed by atoms with van der Waals surface area (Å²) < 4.78 is 79.2. The van der Waals surface area contributed by atoms with Gasteiger partial charge in [-0.1, -0.05) is 27.7 Å². The number of rotatable bonds is 6. The monoisotopic (exact) mass is 467 g/mol. The molecule has 2 N–H and O–H groups in total. The van der Waals surface area contributed by atoms with Crippen molar-refractivity contribution >= 4 is 21.7 Å². The van der Waals surface area contributed by atoms with Crippen molar-refractivity contribution < 1.29 is 30.8 Å². The van der Waals surface area contributed by atoms with Crippen LogP contribution in [0.15, 0.2) is 12.1 Å². The fraction of sp³-hybridized carbons (Fsp3) is 0.650. The SMILES string of the molecule is CC(C)c1cc(F)cc(C(C)C)c1NC(=O)NS(=O)(=O)C1CCCN(CC(F)(F)F)C1. The molecule has 1 aromatic carbocycles. The molecule has 2 amide bonds. The Morgan fingerprint density at radius 2 is 1.71 bits per heavy atom. The molecule has 0 spiro atoms. The van der Waals surface area contributed by atoms with Crippen molar-refractivity contribution in [2.24, 2.45) is 0 Å². The summed E-state index contributed by atoms with van der Waals surface area (Å²) in [5.41, 5.74) is 1.37. The second-order valence-electron chi connectivity index (χ2n) is 8.48. The molecular weight excluding hydrogens is 438 g/mol. The molecule has 11 heteroatoms. The van der Waals surface area contributed by atoms with Gasteiger partial charge < -0.3 is 5.32 Å². The lowest BCUT2D eigenvalue weighted by Gasteiger charge is -2.32. The van der Waals surface area contributed by atoms with Crippen LogP contribution >= 0.6 is 0 Å². The summed E-state index contributed by atoms with van der Waals surface area (Å²) in [6.45, 7) is 5.89. The molecular formula is C20H29F4N3O3S. The van der Waals surface area contributed by atoms with E-state index < -0.39 is 39.8 Å². The lowest BCUT2D eigenvalue weighted by atomic mass is 9.92. The van der Waals surface area contributed by atoms with Gasteiger partial charge in [-0.2, -0.15) is 13.2 Å². The van der Waals surface area contributed by atoms with E-state index in [1.165, 1.54) is 12.1 Å². The zero-order valence-electron chi connectivity index (χ0n) is 18.0. The van der Waals surface area contributed by atoms with Crippen LogP contribution < -0.4 is 10.0 Å². The van der Waals surface area contributed by atoms with Crippen molar-refractivity contribution in [1.82, 2.24) is 9.62 Å². The van der Waals surface area contributed by atoms with Crippen LogP contribution in [0.1, 0.15) is 63.5 Å². The standard InChI is InChI=1S/C20H29F4N3O3S/c1-12(2)16-8-14(21)9-17(13(3)4)18(16)25-19(28)26-31(29,30)15-6-5-7-27(10-15)11-20(22,23)24/h8-9,12-13,15H,5-7,10-11H2,1-4H3,(H2,25,26,28). The highest BCUT2D eigenvalue weighted by molar-refractivity contribution is 7.90. The second-order valence-corrected chi connectivity index (χ2v) is 10.4. The summed E-state index contributed by atoms with van der Waals surface area (Å²) in [6, 6.07) is 1.55. The van der Waals surface area contributed by atoms with Gasteiger partial charge in [0.05, 0.1) is 11.8 Å². The van der Waals surface area contributed by atoms with E-state index >= 15 is 0 Å². The van der Waals surface area contributed by atoms with Crippen molar-refractivity contribution in [3.8, 4) is 0 Å². The first-order valence-electron chi connectivity index (χ1n) is 10.1. The van der Waals surface area contributed by atoms with Crippen LogP contribution in [0.25, 0.3) is 0 Å². The lowest BCUT2D eigenvalue weighted by molar-refractivity contribution is -0.147. The number of anilines is 1. The highest BCUT2D eigenvalue weighted by Crippen LogP contribution is 2.33. The Balaban J connectivity index is 2.18. The number of nitrogens with zero attached hydrogens (tertiary/aromatic N) is 1. The number of carbonyl (C=O) groups is 1. The van der Waals surface area contributed by atoms with Gasteiger partial charge >= 0.3 is 12.2 Å². The van der Waals surface area contributed by atoms with Crippen molar-refractivity contribution in [2.75, 3.05) is 25.0 Å². The summed E-state index contributed by atoms with van der Waals surface area (Å²) in [5.74, 6) is -0.748.